The van der Waals surface area contributed by atoms with Gasteiger partial charge in [0.2, 0.25) is 0 Å². The molecule has 0 aliphatic rings. The van der Waals surface area contributed by atoms with E-state index in [0.29, 0.717) is 6.54 Å². The van der Waals surface area contributed by atoms with Crippen LogP contribution in [0.5, 0.6) is 0 Å². The number of rotatable bonds is 2. The van der Waals surface area contributed by atoms with E-state index in [4.69, 9.17) is 10.2 Å². The first-order valence-corrected chi connectivity index (χ1v) is 4.93. The summed E-state index contributed by atoms with van der Waals surface area (Å²) in [4.78, 5) is 0. The Hall–Kier alpha value is -1.55. The predicted octanol–water partition coefficient (Wildman–Crippen LogP) is 1.76. The molecule has 80 valence electrons. The number of furan rings is 1. The molecule has 0 fully saturated rings. The zero-order valence-electron chi connectivity index (χ0n) is 9.24. The number of aromatic nitrogens is 2. The molecule has 0 bridgehead atoms. The van der Waals surface area contributed by atoms with Crippen molar-refractivity contribution in [3.05, 3.63) is 29.3 Å². The highest BCUT2D eigenvalue weighted by molar-refractivity contribution is 5.63. The smallest absolute Gasteiger partial charge is 0.138 e. The Kier molecular flexibility index (Phi) is 2.36. The van der Waals surface area contributed by atoms with Crippen LogP contribution in [0.2, 0.25) is 0 Å². The Bertz CT molecular complexity index is 482. The SMILES string of the molecule is Cc1ccc(-c2c(C)nn(C)c2CN)o1. The van der Waals surface area contributed by atoms with Gasteiger partial charge in [0.25, 0.3) is 0 Å². The quantitative estimate of drug-likeness (QED) is 0.812. The molecule has 0 radical (unpaired) electrons. The molecule has 0 saturated carbocycles. The second kappa shape index (κ2) is 3.55. The maximum Gasteiger partial charge on any atom is 0.138 e. The van der Waals surface area contributed by atoms with Crippen molar-refractivity contribution in [1.82, 2.24) is 9.78 Å². The number of hydrogen-bond donors (Lipinski definition) is 1. The van der Waals surface area contributed by atoms with E-state index in [-0.39, 0.29) is 0 Å². The maximum atomic E-state index is 5.71. The second-order valence-corrected chi connectivity index (χ2v) is 3.65. The average molecular weight is 205 g/mol. The van der Waals surface area contributed by atoms with Crippen LogP contribution in [-0.4, -0.2) is 9.78 Å². The summed E-state index contributed by atoms with van der Waals surface area (Å²) in [6.07, 6.45) is 0. The minimum atomic E-state index is 0.465. The zero-order chi connectivity index (χ0) is 11.0. The molecule has 2 rings (SSSR count). The van der Waals surface area contributed by atoms with Gasteiger partial charge >= 0.3 is 0 Å². The van der Waals surface area contributed by atoms with E-state index in [1.165, 1.54) is 0 Å². The van der Waals surface area contributed by atoms with E-state index >= 15 is 0 Å². The fourth-order valence-corrected chi connectivity index (χ4v) is 1.83. The molecule has 15 heavy (non-hydrogen) atoms. The van der Waals surface area contributed by atoms with Gasteiger partial charge in [0, 0.05) is 13.6 Å². The minimum Gasteiger partial charge on any atom is -0.461 e. The summed E-state index contributed by atoms with van der Waals surface area (Å²) in [6.45, 7) is 4.36. The monoisotopic (exact) mass is 205 g/mol. The van der Waals surface area contributed by atoms with Crippen LogP contribution in [0.15, 0.2) is 16.5 Å². The van der Waals surface area contributed by atoms with E-state index in [9.17, 15) is 0 Å². The van der Waals surface area contributed by atoms with Crippen molar-refractivity contribution < 1.29 is 4.42 Å². The number of nitrogens with zero attached hydrogens (tertiary/aromatic N) is 2. The molecule has 2 N–H and O–H groups in total. The average Bonchev–Trinajstić information content (AvgIpc) is 2.70. The molecule has 2 heterocycles. The van der Waals surface area contributed by atoms with Crippen molar-refractivity contribution in [1.29, 1.82) is 0 Å². The van der Waals surface area contributed by atoms with Crippen molar-refractivity contribution in [2.24, 2.45) is 12.8 Å². The predicted molar refractivity (Wildman–Crippen MR) is 58.3 cm³/mol. The molecule has 4 nitrogen and oxygen atoms in total. The molecule has 0 aliphatic heterocycles. The molecule has 0 amide bonds. The lowest BCUT2D eigenvalue weighted by Crippen LogP contribution is -2.05. The van der Waals surface area contributed by atoms with Crippen LogP contribution in [-0.2, 0) is 13.6 Å². The van der Waals surface area contributed by atoms with E-state index in [2.05, 4.69) is 5.10 Å². The van der Waals surface area contributed by atoms with Gasteiger partial charge in [-0.05, 0) is 26.0 Å². The first-order valence-electron chi connectivity index (χ1n) is 4.93. The molecule has 2 aromatic heterocycles. The van der Waals surface area contributed by atoms with Gasteiger partial charge in [0.05, 0.1) is 17.0 Å². The van der Waals surface area contributed by atoms with Gasteiger partial charge in [-0.3, -0.25) is 4.68 Å². The largest absolute Gasteiger partial charge is 0.461 e. The molecule has 2 aromatic rings. The summed E-state index contributed by atoms with van der Waals surface area (Å²) in [6, 6.07) is 3.90. The Balaban J connectivity index is 2.61. The topological polar surface area (TPSA) is 57.0 Å². The van der Waals surface area contributed by atoms with Crippen LogP contribution in [0, 0.1) is 13.8 Å². The fraction of sp³-hybridized carbons (Fsp3) is 0.364. The van der Waals surface area contributed by atoms with Gasteiger partial charge in [0.1, 0.15) is 11.5 Å². The molecule has 4 heteroatoms. The molecular formula is C11H15N3O. The van der Waals surface area contributed by atoms with Gasteiger partial charge in [-0.25, -0.2) is 0 Å². The Morgan fingerprint density at radius 2 is 2.13 bits per heavy atom. The maximum absolute atomic E-state index is 5.71. The lowest BCUT2D eigenvalue weighted by Gasteiger charge is -2.00. The standard InChI is InChI=1S/C11H15N3O/c1-7-4-5-10(15-7)11-8(2)13-14(3)9(11)6-12/h4-5H,6,12H2,1-3H3. The van der Waals surface area contributed by atoms with E-state index in [1.807, 2.05) is 37.7 Å². The zero-order valence-corrected chi connectivity index (χ0v) is 9.24. The van der Waals surface area contributed by atoms with Crippen molar-refractivity contribution in [3.63, 3.8) is 0 Å². The fourth-order valence-electron chi connectivity index (χ4n) is 1.83. The highest BCUT2D eigenvalue weighted by Gasteiger charge is 2.16. The summed E-state index contributed by atoms with van der Waals surface area (Å²) < 4.78 is 7.41. The van der Waals surface area contributed by atoms with Crippen LogP contribution in [0.4, 0.5) is 0 Å². The summed E-state index contributed by atoms with van der Waals surface area (Å²) in [7, 11) is 1.90. The third-order valence-corrected chi connectivity index (χ3v) is 2.52. The van der Waals surface area contributed by atoms with E-state index in [1.54, 1.807) is 0 Å². The summed E-state index contributed by atoms with van der Waals surface area (Å²) in [5.74, 6) is 1.75. The Labute approximate surface area is 88.7 Å². The Morgan fingerprint density at radius 1 is 1.40 bits per heavy atom. The second-order valence-electron chi connectivity index (χ2n) is 3.65. The van der Waals surface area contributed by atoms with Crippen LogP contribution in [0.3, 0.4) is 0 Å². The van der Waals surface area contributed by atoms with Crippen LogP contribution in [0.25, 0.3) is 11.3 Å². The van der Waals surface area contributed by atoms with Gasteiger partial charge in [0.15, 0.2) is 0 Å². The lowest BCUT2D eigenvalue weighted by molar-refractivity contribution is 0.547. The third kappa shape index (κ3) is 1.57. The summed E-state index contributed by atoms with van der Waals surface area (Å²) in [5, 5.41) is 4.34. The van der Waals surface area contributed by atoms with Crippen LogP contribution >= 0.6 is 0 Å². The van der Waals surface area contributed by atoms with Gasteiger partial charge in [-0.1, -0.05) is 0 Å². The van der Waals surface area contributed by atoms with Gasteiger partial charge in [-0.15, -0.1) is 0 Å². The molecule has 0 atom stereocenters. The van der Waals surface area contributed by atoms with Crippen molar-refractivity contribution in [2.45, 2.75) is 20.4 Å². The first kappa shape index (κ1) is 9.98. The Morgan fingerprint density at radius 3 is 2.67 bits per heavy atom. The molecule has 0 unspecified atom stereocenters. The van der Waals surface area contributed by atoms with Gasteiger partial charge in [-0.2, -0.15) is 5.10 Å². The molecule has 0 aromatic carbocycles. The highest BCUT2D eigenvalue weighted by Crippen LogP contribution is 2.28. The lowest BCUT2D eigenvalue weighted by atomic mass is 10.1. The minimum absolute atomic E-state index is 0.465. The third-order valence-electron chi connectivity index (χ3n) is 2.52. The van der Waals surface area contributed by atoms with E-state index in [0.717, 1.165) is 28.5 Å². The van der Waals surface area contributed by atoms with Crippen LogP contribution < -0.4 is 5.73 Å². The van der Waals surface area contributed by atoms with Crippen molar-refractivity contribution in [2.75, 3.05) is 0 Å². The number of hydrogen-bond acceptors (Lipinski definition) is 3. The molecule has 0 aliphatic carbocycles. The van der Waals surface area contributed by atoms with Crippen molar-refractivity contribution in [3.8, 4) is 11.3 Å². The van der Waals surface area contributed by atoms with E-state index < -0.39 is 0 Å². The normalized spacial score (nSPS) is 10.9. The molecule has 0 spiro atoms. The van der Waals surface area contributed by atoms with Crippen molar-refractivity contribution >= 4 is 0 Å². The van der Waals surface area contributed by atoms with Gasteiger partial charge < -0.3 is 10.2 Å². The number of nitrogens with two attached hydrogens (primary N) is 1. The molecular weight excluding hydrogens is 190 g/mol. The van der Waals surface area contributed by atoms with Crippen LogP contribution in [0.1, 0.15) is 17.1 Å². The highest BCUT2D eigenvalue weighted by atomic mass is 16.3. The summed E-state index contributed by atoms with van der Waals surface area (Å²) in [5.41, 5.74) is 8.68. The summed E-state index contributed by atoms with van der Waals surface area (Å²) >= 11 is 0. The number of aryl methyl sites for hydroxylation is 3. The molecule has 0 saturated heterocycles. The first-order chi connectivity index (χ1) is 7.13.